The maximum Gasteiger partial charge on any atom is 0.256 e. The Balaban J connectivity index is 2.03. The van der Waals surface area contributed by atoms with E-state index in [4.69, 9.17) is 0 Å². The molecule has 8 heteroatoms. The summed E-state index contributed by atoms with van der Waals surface area (Å²) in [6, 6.07) is 8.89. The van der Waals surface area contributed by atoms with Crippen molar-refractivity contribution >= 4 is 27.3 Å². The molecule has 1 saturated heterocycles. The van der Waals surface area contributed by atoms with Crippen LogP contribution in [0, 0.1) is 12.7 Å². The molecule has 0 atom stereocenters. The molecule has 0 radical (unpaired) electrons. The van der Waals surface area contributed by atoms with E-state index in [1.54, 1.807) is 39.0 Å². The number of amides is 1. The van der Waals surface area contributed by atoms with Gasteiger partial charge in [0.25, 0.3) is 5.91 Å². The van der Waals surface area contributed by atoms with Crippen LogP contribution in [0.3, 0.4) is 0 Å². The van der Waals surface area contributed by atoms with E-state index in [1.807, 2.05) is 0 Å². The average molecular weight is 434 g/mol. The zero-order valence-electron chi connectivity index (χ0n) is 17.6. The SMILES string of the molecule is CCN(CC)S(=O)(=O)c1ccc(N2CCCC2)c(NC(=O)c2cc(F)ccc2C)c1. The largest absolute Gasteiger partial charge is 0.370 e. The Hall–Kier alpha value is -2.45. The molecule has 6 nitrogen and oxygen atoms in total. The lowest BCUT2D eigenvalue weighted by atomic mass is 10.1. The molecule has 2 aromatic carbocycles. The highest BCUT2D eigenvalue weighted by Gasteiger charge is 2.25. The molecule has 1 heterocycles. The van der Waals surface area contributed by atoms with Crippen molar-refractivity contribution < 1.29 is 17.6 Å². The highest BCUT2D eigenvalue weighted by molar-refractivity contribution is 7.89. The van der Waals surface area contributed by atoms with Crippen LogP contribution >= 0.6 is 0 Å². The van der Waals surface area contributed by atoms with E-state index < -0.39 is 21.7 Å². The molecule has 30 heavy (non-hydrogen) atoms. The molecular formula is C22H28FN3O3S. The van der Waals surface area contributed by atoms with E-state index in [2.05, 4.69) is 10.2 Å². The molecule has 0 unspecified atom stereocenters. The van der Waals surface area contributed by atoms with Crippen LogP contribution in [0.25, 0.3) is 0 Å². The summed E-state index contributed by atoms with van der Waals surface area (Å²) >= 11 is 0. The summed E-state index contributed by atoms with van der Waals surface area (Å²) in [5, 5.41) is 2.83. The summed E-state index contributed by atoms with van der Waals surface area (Å²) in [6.07, 6.45) is 2.08. The van der Waals surface area contributed by atoms with Crippen molar-refractivity contribution in [1.82, 2.24) is 4.31 Å². The van der Waals surface area contributed by atoms with Crippen molar-refractivity contribution in [1.29, 1.82) is 0 Å². The number of carbonyl (C=O) groups is 1. The highest BCUT2D eigenvalue weighted by Crippen LogP contribution is 2.33. The van der Waals surface area contributed by atoms with E-state index in [9.17, 15) is 17.6 Å². The van der Waals surface area contributed by atoms with Crippen LogP contribution in [-0.2, 0) is 10.0 Å². The van der Waals surface area contributed by atoms with Gasteiger partial charge >= 0.3 is 0 Å². The number of sulfonamides is 1. The fourth-order valence-electron chi connectivity index (χ4n) is 3.75. The first kappa shape index (κ1) is 22.2. The molecule has 0 aliphatic carbocycles. The number of nitrogens with one attached hydrogen (secondary N) is 1. The van der Waals surface area contributed by atoms with Gasteiger partial charge in [-0.3, -0.25) is 4.79 Å². The Labute approximate surface area is 177 Å². The molecule has 2 aromatic rings. The van der Waals surface area contributed by atoms with Crippen LogP contribution in [0.4, 0.5) is 15.8 Å². The van der Waals surface area contributed by atoms with Crippen molar-refractivity contribution in [2.45, 2.75) is 38.5 Å². The number of halogens is 1. The van der Waals surface area contributed by atoms with Crippen molar-refractivity contribution in [2.75, 3.05) is 36.4 Å². The summed E-state index contributed by atoms with van der Waals surface area (Å²) in [6.45, 7) is 7.70. The van der Waals surface area contributed by atoms with Gasteiger partial charge in [-0.25, -0.2) is 12.8 Å². The Morgan fingerprint density at radius 3 is 2.40 bits per heavy atom. The normalized spacial score (nSPS) is 14.4. The number of nitrogens with zero attached hydrogens (tertiary/aromatic N) is 2. The van der Waals surface area contributed by atoms with Gasteiger partial charge in [-0.2, -0.15) is 4.31 Å². The summed E-state index contributed by atoms with van der Waals surface area (Å²) in [4.78, 5) is 15.2. The fraction of sp³-hybridized carbons (Fsp3) is 0.409. The first-order chi connectivity index (χ1) is 14.3. The predicted octanol–water partition coefficient (Wildman–Crippen LogP) is 4.02. The summed E-state index contributed by atoms with van der Waals surface area (Å²) in [7, 11) is -3.68. The molecule has 1 amide bonds. The number of carbonyl (C=O) groups excluding carboxylic acids is 1. The molecule has 1 fully saturated rings. The second kappa shape index (κ2) is 9.14. The minimum absolute atomic E-state index is 0.125. The van der Waals surface area contributed by atoms with Crippen LogP contribution in [0.2, 0.25) is 0 Å². The lowest BCUT2D eigenvalue weighted by Gasteiger charge is -2.24. The van der Waals surface area contributed by atoms with E-state index in [0.717, 1.165) is 31.6 Å². The van der Waals surface area contributed by atoms with Gasteiger partial charge in [-0.15, -0.1) is 0 Å². The molecule has 162 valence electrons. The third-order valence-electron chi connectivity index (χ3n) is 5.45. The minimum Gasteiger partial charge on any atom is -0.370 e. The highest BCUT2D eigenvalue weighted by atomic mass is 32.2. The topological polar surface area (TPSA) is 69.7 Å². The standard InChI is InChI=1S/C22H28FN3O3S/c1-4-26(5-2)30(28,29)18-10-11-21(25-12-6-7-13-25)20(15-18)24-22(27)19-14-17(23)9-8-16(19)3/h8-11,14-15H,4-7,12-13H2,1-3H3,(H,24,27). The van der Waals surface area contributed by atoms with Gasteiger partial charge < -0.3 is 10.2 Å². The van der Waals surface area contributed by atoms with Gasteiger partial charge in [-0.05, 0) is 55.7 Å². The number of hydrogen-bond donors (Lipinski definition) is 1. The Kier molecular flexibility index (Phi) is 6.77. The van der Waals surface area contributed by atoms with Crippen LogP contribution in [0.1, 0.15) is 42.6 Å². The number of aryl methyl sites for hydroxylation is 1. The van der Waals surface area contributed by atoms with Crippen molar-refractivity contribution in [3.63, 3.8) is 0 Å². The van der Waals surface area contributed by atoms with Gasteiger partial charge in [-0.1, -0.05) is 19.9 Å². The average Bonchev–Trinajstić information content (AvgIpc) is 3.25. The van der Waals surface area contributed by atoms with Crippen molar-refractivity contribution in [3.8, 4) is 0 Å². The van der Waals surface area contributed by atoms with E-state index in [-0.39, 0.29) is 10.5 Å². The predicted molar refractivity (Wildman–Crippen MR) is 117 cm³/mol. The Morgan fingerprint density at radius 1 is 1.10 bits per heavy atom. The van der Waals surface area contributed by atoms with E-state index >= 15 is 0 Å². The van der Waals surface area contributed by atoms with Crippen molar-refractivity contribution in [3.05, 3.63) is 53.3 Å². The quantitative estimate of drug-likeness (QED) is 0.716. The van der Waals surface area contributed by atoms with Gasteiger partial charge in [0.05, 0.1) is 16.3 Å². The van der Waals surface area contributed by atoms with Crippen molar-refractivity contribution in [2.24, 2.45) is 0 Å². The summed E-state index contributed by atoms with van der Waals surface area (Å²) in [5.41, 5.74) is 2.05. The molecule has 0 spiro atoms. The van der Waals surface area contributed by atoms with Gasteiger partial charge in [0.2, 0.25) is 10.0 Å². The minimum atomic E-state index is -3.68. The maximum atomic E-state index is 13.7. The monoisotopic (exact) mass is 433 g/mol. The van der Waals surface area contributed by atoms with Crippen LogP contribution in [0.15, 0.2) is 41.3 Å². The number of rotatable bonds is 7. The number of benzene rings is 2. The molecule has 0 aromatic heterocycles. The zero-order chi connectivity index (χ0) is 21.9. The molecule has 1 N–H and O–H groups in total. The second-order valence-electron chi connectivity index (χ2n) is 7.38. The smallest absolute Gasteiger partial charge is 0.256 e. The van der Waals surface area contributed by atoms with Crippen LogP contribution in [0.5, 0.6) is 0 Å². The molecule has 0 bridgehead atoms. The molecule has 1 aliphatic heterocycles. The summed E-state index contributed by atoms with van der Waals surface area (Å²) in [5.74, 6) is -0.965. The molecular weight excluding hydrogens is 405 g/mol. The maximum absolute atomic E-state index is 13.7. The molecule has 1 aliphatic rings. The second-order valence-corrected chi connectivity index (χ2v) is 9.31. The van der Waals surface area contributed by atoms with Crippen LogP contribution < -0.4 is 10.2 Å². The first-order valence-corrected chi connectivity index (χ1v) is 11.7. The fourth-order valence-corrected chi connectivity index (χ4v) is 5.24. The molecule has 0 saturated carbocycles. The summed E-state index contributed by atoms with van der Waals surface area (Å²) < 4.78 is 41.0. The lowest BCUT2D eigenvalue weighted by Crippen LogP contribution is -2.31. The zero-order valence-corrected chi connectivity index (χ0v) is 18.4. The lowest BCUT2D eigenvalue weighted by molar-refractivity contribution is 0.102. The Morgan fingerprint density at radius 2 is 1.77 bits per heavy atom. The third-order valence-corrected chi connectivity index (χ3v) is 7.50. The van der Waals surface area contributed by atoms with Gasteiger partial charge in [0.15, 0.2) is 0 Å². The van der Waals surface area contributed by atoms with Gasteiger partial charge in [0.1, 0.15) is 5.82 Å². The van der Waals surface area contributed by atoms with Gasteiger partial charge in [0, 0.05) is 31.7 Å². The van der Waals surface area contributed by atoms with E-state index in [1.165, 1.54) is 22.5 Å². The number of anilines is 2. The van der Waals surface area contributed by atoms with E-state index in [0.29, 0.717) is 24.3 Å². The first-order valence-electron chi connectivity index (χ1n) is 10.2. The molecule has 3 rings (SSSR count). The Bertz CT molecular complexity index is 1030. The van der Waals surface area contributed by atoms with Crippen LogP contribution in [-0.4, -0.2) is 44.8 Å². The third kappa shape index (κ3) is 4.49. The number of hydrogen-bond acceptors (Lipinski definition) is 4.